The highest BCUT2D eigenvalue weighted by Gasteiger charge is 2.46. The lowest BCUT2D eigenvalue weighted by atomic mass is 9.66. The Morgan fingerprint density at radius 1 is 1.29 bits per heavy atom. The second kappa shape index (κ2) is 4.85. The lowest BCUT2D eigenvalue weighted by molar-refractivity contribution is -0.136. The molecule has 0 atom stereocenters. The highest BCUT2D eigenvalue weighted by molar-refractivity contribution is 6.74. The van der Waals surface area contributed by atoms with Gasteiger partial charge in [-0.05, 0) is 31.0 Å². The van der Waals surface area contributed by atoms with Crippen molar-refractivity contribution >= 4 is 14.1 Å². The van der Waals surface area contributed by atoms with E-state index in [9.17, 15) is 4.79 Å². The standard InChI is InChI=1S/C14H28O2Si/c1-7-12(15)14(9-8-10-14)11-16-17(5,6)13(2,3)4/h7-11H2,1-6H3. The third-order valence-corrected chi connectivity index (χ3v) is 9.22. The third kappa shape index (κ3) is 3.00. The van der Waals surface area contributed by atoms with Gasteiger partial charge < -0.3 is 4.43 Å². The highest BCUT2D eigenvalue weighted by Crippen LogP contribution is 2.45. The van der Waals surface area contributed by atoms with Crippen LogP contribution >= 0.6 is 0 Å². The van der Waals surface area contributed by atoms with Crippen molar-refractivity contribution in [3.63, 3.8) is 0 Å². The SMILES string of the molecule is CCC(=O)C1(CO[Si](C)(C)C(C)(C)C)CCC1. The molecule has 0 saturated heterocycles. The molecular formula is C14H28O2Si. The molecule has 0 aromatic rings. The van der Waals surface area contributed by atoms with Crippen LogP contribution in [0, 0.1) is 5.41 Å². The van der Waals surface area contributed by atoms with E-state index in [1.807, 2.05) is 6.92 Å². The average Bonchev–Trinajstić information content (AvgIpc) is 2.13. The number of hydrogen-bond acceptors (Lipinski definition) is 2. The molecule has 0 radical (unpaired) electrons. The van der Waals surface area contributed by atoms with Crippen molar-refractivity contribution in [3.05, 3.63) is 0 Å². The number of carbonyl (C=O) groups is 1. The Bertz CT molecular complexity index is 285. The monoisotopic (exact) mass is 256 g/mol. The highest BCUT2D eigenvalue weighted by atomic mass is 28.4. The fourth-order valence-corrected chi connectivity index (χ4v) is 3.09. The lowest BCUT2D eigenvalue weighted by Crippen LogP contribution is -2.48. The van der Waals surface area contributed by atoms with E-state index >= 15 is 0 Å². The maximum absolute atomic E-state index is 12.0. The molecule has 0 aliphatic heterocycles. The summed E-state index contributed by atoms with van der Waals surface area (Å²) in [6.07, 6.45) is 3.91. The van der Waals surface area contributed by atoms with Crippen LogP contribution in [0.15, 0.2) is 0 Å². The maximum Gasteiger partial charge on any atom is 0.192 e. The minimum Gasteiger partial charge on any atom is -0.416 e. The zero-order valence-corrected chi connectivity index (χ0v) is 13.4. The number of ketones is 1. The van der Waals surface area contributed by atoms with E-state index in [0.29, 0.717) is 18.8 Å². The average molecular weight is 256 g/mol. The van der Waals surface area contributed by atoms with Gasteiger partial charge in [0.15, 0.2) is 8.32 Å². The van der Waals surface area contributed by atoms with E-state index in [4.69, 9.17) is 4.43 Å². The number of rotatable bonds is 5. The van der Waals surface area contributed by atoms with Gasteiger partial charge in [-0.1, -0.05) is 34.1 Å². The van der Waals surface area contributed by atoms with E-state index in [1.54, 1.807) is 0 Å². The zero-order valence-electron chi connectivity index (χ0n) is 12.4. The van der Waals surface area contributed by atoms with Gasteiger partial charge >= 0.3 is 0 Å². The first-order valence-corrected chi connectivity index (χ1v) is 9.73. The molecule has 0 aromatic heterocycles. The summed E-state index contributed by atoms with van der Waals surface area (Å²) in [7, 11) is -1.71. The van der Waals surface area contributed by atoms with Crippen molar-refractivity contribution in [3.8, 4) is 0 Å². The first-order valence-electron chi connectivity index (χ1n) is 6.82. The first kappa shape index (κ1) is 14.9. The minimum absolute atomic E-state index is 0.121. The molecule has 2 nitrogen and oxygen atoms in total. The molecule has 1 fully saturated rings. The molecule has 1 aliphatic carbocycles. The van der Waals surface area contributed by atoms with Crippen molar-refractivity contribution in [1.29, 1.82) is 0 Å². The van der Waals surface area contributed by atoms with E-state index in [-0.39, 0.29) is 10.5 Å². The quantitative estimate of drug-likeness (QED) is 0.690. The molecule has 100 valence electrons. The van der Waals surface area contributed by atoms with Crippen molar-refractivity contribution < 1.29 is 9.22 Å². The Labute approximate surface area is 107 Å². The summed E-state index contributed by atoms with van der Waals surface area (Å²) in [6, 6.07) is 0. The molecule has 17 heavy (non-hydrogen) atoms. The number of carbonyl (C=O) groups excluding carboxylic acids is 1. The van der Waals surface area contributed by atoms with Crippen molar-refractivity contribution in [2.45, 2.75) is 71.5 Å². The van der Waals surface area contributed by atoms with Crippen molar-refractivity contribution in [2.24, 2.45) is 5.41 Å². The predicted molar refractivity (Wildman–Crippen MR) is 74.7 cm³/mol. The summed E-state index contributed by atoms with van der Waals surface area (Å²) in [6.45, 7) is 13.9. The Hall–Kier alpha value is -0.153. The second-order valence-corrected chi connectivity index (χ2v) is 11.8. The van der Waals surface area contributed by atoms with Crippen LogP contribution in [0.4, 0.5) is 0 Å². The van der Waals surface area contributed by atoms with Gasteiger partial charge in [0, 0.05) is 13.0 Å². The second-order valence-electron chi connectivity index (χ2n) is 6.96. The van der Waals surface area contributed by atoms with Gasteiger partial charge in [0.2, 0.25) is 0 Å². The maximum atomic E-state index is 12.0. The van der Waals surface area contributed by atoms with E-state index in [2.05, 4.69) is 33.9 Å². The molecule has 0 N–H and O–H groups in total. The van der Waals surface area contributed by atoms with Crippen LogP contribution in [0.3, 0.4) is 0 Å². The van der Waals surface area contributed by atoms with Crippen LogP contribution in [0.2, 0.25) is 18.1 Å². The van der Waals surface area contributed by atoms with Crippen LogP contribution in [0.1, 0.15) is 53.4 Å². The molecule has 0 unspecified atom stereocenters. The predicted octanol–water partition coefficient (Wildman–Crippen LogP) is 4.16. The summed E-state index contributed by atoms with van der Waals surface area (Å²) in [5.74, 6) is 0.405. The molecule has 1 rings (SSSR count). The van der Waals surface area contributed by atoms with Gasteiger partial charge in [0.25, 0.3) is 0 Å². The number of hydrogen-bond donors (Lipinski definition) is 0. The van der Waals surface area contributed by atoms with Crippen LogP contribution in [0.25, 0.3) is 0 Å². The topological polar surface area (TPSA) is 26.3 Å². The largest absolute Gasteiger partial charge is 0.416 e. The normalized spacial score (nSPS) is 19.9. The molecule has 1 aliphatic rings. The van der Waals surface area contributed by atoms with E-state index < -0.39 is 8.32 Å². The molecule has 1 saturated carbocycles. The Kier molecular flexibility index (Phi) is 4.25. The van der Waals surface area contributed by atoms with Gasteiger partial charge in [-0.2, -0.15) is 0 Å². The molecule has 3 heteroatoms. The van der Waals surface area contributed by atoms with Gasteiger partial charge in [0.1, 0.15) is 5.78 Å². The first-order chi connectivity index (χ1) is 7.65. The molecule has 0 bridgehead atoms. The van der Waals surface area contributed by atoms with Crippen molar-refractivity contribution in [2.75, 3.05) is 6.61 Å². The molecule has 0 spiro atoms. The van der Waals surface area contributed by atoms with Crippen molar-refractivity contribution in [1.82, 2.24) is 0 Å². The van der Waals surface area contributed by atoms with Gasteiger partial charge in [0.05, 0.1) is 5.41 Å². The summed E-state index contributed by atoms with van der Waals surface area (Å²) in [5, 5.41) is 0.229. The summed E-state index contributed by atoms with van der Waals surface area (Å²) in [4.78, 5) is 12.0. The molecule has 0 amide bonds. The summed E-state index contributed by atoms with van der Waals surface area (Å²) < 4.78 is 6.24. The Morgan fingerprint density at radius 3 is 2.12 bits per heavy atom. The minimum atomic E-state index is -1.71. The van der Waals surface area contributed by atoms with Crippen LogP contribution < -0.4 is 0 Å². The van der Waals surface area contributed by atoms with E-state index in [1.165, 1.54) is 6.42 Å². The third-order valence-electron chi connectivity index (χ3n) is 4.74. The van der Waals surface area contributed by atoms with Gasteiger partial charge in [-0.25, -0.2) is 0 Å². The fraction of sp³-hybridized carbons (Fsp3) is 0.929. The summed E-state index contributed by atoms with van der Waals surface area (Å²) in [5.41, 5.74) is -0.121. The van der Waals surface area contributed by atoms with Gasteiger partial charge in [-0.15, -0.1) is 0 Å². The Balaban J connectivity index is 2.63. The van der Waals surface area contributed by atoms with Gasteiger partial charge in [-0.3, -0.25) is 4.79 Å². The Morgan fingerprint density at radius 2 is 1.82 bits per heavy atom. The summed E-state index contributed by atoms with van der Waals surface area (Å²) >= 11 is 0. The molecule has 0 aromatic carbocycles. The van der Waals surface area contributed by atoms with E-state index in [0.717, 1.165) is 12.8 Å². The van der Waals surface area contributed by atoms with Crippen LogP contribution in [-0.2, 0) is 9.22 Å². The number of Topliss-reactive ketones (excluding diaryl/α,β-unsaturated/α-hetero) is 1. The lowest BCUT2D eigenvalue weighted by Gasteiger charge is -2.44. The molecular weight excluding hydrogens is 228 g/mol. The molecule has 0 heterocycles. The van der Waals surface area contributed by atoms with Crippen LogP contribution in [0.5, 0.6) is 0 Å². The fourth-order valence-electron chi connectivity index (χ4n) is 2.02. The smallest absolute Gasteiger partial charge is 0.192 e. The zero-order chi connectivity index (χ0) is 13.3. The van der Waals surface area contributed by atoms with Crippen LogP contribution in [-0.4, -0.2) is 20.7 Å².